The Morgan fingerprint density at radius 2 is 2.25 bits per heavy atom. The lowest BCUT2D eigenvalue weighted by Gasteiger charge is -1.97. The number of aliphatic hydroxyl groups is 2. The molecular weight excluding hydrogens is 172 g/mol. The molecule has 0 saturated carbocycles. The predicted molar refractivity (Wildman–Crippen MR) is 34.4 cm³/mol. The Morgan fingerprint density at radius 1 is 1.62 bits per heavy atom. The summed E-state index contributed by atoms with van der Waals surface area (Å²) < 4.78 is 0. The van der Waals surface area contributed by atoms with Crippen LogP contribution in [0.5, 0.6) is 0 Å². The Labute approximate surface area is 56.7 Å². The van der Waals surface area contributed by atoms with Crippen LogP contribution in [0.25, 0.3) is 0 Å². The molecule has 1 unspecified atom stereocenters. The minimum absolute atomic E-state index is 0.221. The van der Waals surface area contributed by atoms with Gasteiger partial charge in [-0.25, -0.2) is 0 Å². The van der Waals surface area contributed by atoms with E-state index >= 15 is 0 Å². The molecule has 0 aromatic heterocycles. The maximum atomic E-state index is 8.62. The van der Waals surface area contributed by atoms with Crippen molar-refractivity contribution in [2.45, 2.75) is 12.5 Å². The summed E-state index contributed by atoms with van der Waals surface area (Å²) in [5.74, 6) is 2.56. The number of aliphatic hydroxyl groups excluding tert-OH is 2. The summed E-state index contributed by atoms with van der Waals surface area (Å²) in [7, 11) is 0. The summed E-state index contributed by atoms with van der Waals surface area (Å²) in [6, 6.07) is 0. The fourth-order valence-electron chi connectivity index (χ4n) is 0.221. The first kappa shape index (κ1) is 7.96. The first-order valence-corrected chi connectivity index (χ1v) is 2.98. The maximum absolute atomic E-state index is 8.62. The van der Waals surface area contributed by atoms with Crippen LogP contribution in [0.15, 0.2) is 0 Å². The van der Waals surface area contributed by atoms with Crippen molar-refractivity contribution in [1.29, 1.82) is 0 Å². The van der Waals surface area contributed by atoms with Gasteiger partial charge in [0.2, 0.25) is 0 Å². The summed E-state index contributed by atoms with van der Waals surface area (Å²) in [5, 5.41) is 16.8. The van der Waals surface area contributed by atoms with E-state index in [1.807, 2.05) is 0 Å². The van der Waals surface area contributed by atoms with Crippen LogP contribution in [0, 0.1) is 10.8 Å². The summed E-state index contributed by atoms with van der Waals surface area (Å²) in [4.78, 5) is 2.42. The molecule has 0 radical (unpaired) electrons. The van der Waals surface area contributed by atoms with E-state index in [9.17, 15) is 0 Å². The van der Waals surface area contributed by atoms with E-state index in [1.165, 1.54) is 0 Å². The van der Waals surface area contributed by atoms with E-state index < -0.39 is 6.10 Å². The van der Waals surface area contributed by atoms with Gasteiger partial charge in [-0.1, -0.05) is 5.92 Å². The highest BCUT2D eigenvalue weighted by atomic mass is 79.9. The molecule has 0 spiro atoms. The Morgan fingerprint density at radius 3 is 2.62 bits per heavy atom. The van der Waals surface area contributed by atoms with Crippen molar-refractivity contribution in [3.05, 3.63) is 0 Å². The van der Waals surface area contributed by atoms with Crippen molar-refractivity contribution in [3.63, 3.8) is 0 Å². The zero-order valence-corrected chi connectivity index (χ0v) is 5.85. The minimum atomic E-state index is -0.694. The molecule has 0 aromatic carbocycles. The molecule has 1 atom stereocenters. The number of rotatable bonds is 2. The SMILES string of the molecule is OCC(O)CC#CBr. The molecule has 0 heterocycles. The van der Waals surface area contributed by atoms with E-state index in [0.717, 1.165) is 0 Å². The molecule has 2 nitrogen and oxygen atoms in total. The molecule has 8 heavy (non-hydrogen) atoms. The van der Waals surface area contributed by atoms with Crippen molar-refractivity contribution in [3.8, 4) is 10.8 Å². The van der Waals surface area contributed by atoms with Crippen LogP contribution in [-0.2, 0) is 0 Å². The van der Waals surface area contributed by atoms with Crippen molar-refractivity contribution in [2.24, 2.45) is 0 Å². The van der Waals surface area contributed by atoms with Crippen LogP contribution in [0.3, 0.4) is 0 Å². The second kappa shape index (κ2) is 5.10. The van der Waals surface area contributed by atoms with Crippen molar-refractivity contribution in [2.75, 3.05) is 6.61 Å². The van der Waals surface area contributed by atoms with Gasteiger partial charge in [0.05, 0.1) is 12.7 Å². The molecule has 46 valence electrons. The number of hydrogen-bond acceptors (Lipinski definition) is 2. The molecule has 3 heteroatoms. The average molecular weight is 179 g/mol. The van der Waals surface area contributed by atoms with Gasteiger partial charge in [-0.2, -0.15) is 0 Å². The fraction of sp³-hybridized carbons (Fsp3) is 0.600. The highest BCUT2D eigenvalue weighted by Gasteiger charge is 1.95. The third-order valence-corrected chi connectivity index (χ3v) is 0.896. The standard InChI is InChI=1S/C5H7BrO2/c6-3-1-2-5(8)4-7/h5,7-8H,2,4H2. The highest BCUT2D eigenvalue weighted by Crippen LogP contribution is 1.86. The zero-order valence-electron chi connectivity index (χ0n) is 4.26. The Kier molecular flexibility index (Phi) is 5.08. The van der Waals surface area contributed by atoms with Crippen molar-refractivity contribution < 1.29 is 10.2 Å². The smallest absolute Gasteiger partial charge is 0.0880 e. The third kappa shape index (κ3) is 4.13. The third-order valence-electron chi connectivity index (χ3n) is 0.615. The van der Waals surface area contributed by atoms with Crippen LogP contribution >= 0.6 is 15.9 Å². The molecule has 0 aromatic rings. The van der Waals surface area contributed by atoms with Crippen molar-refractivity contribution in [1.82, 2.24) is 0 Å². The Balaban J connectivity index is 3.19. The molecule has 0 bridgehead atoms. The monoisotopic (exact) mass is 178 g/mol. The zero-order chi connectivity index (χ0) is 6.41. The van der Waals surface area contributed by atoms with Crippen LogP contribution in [0.4, 0.5) is 0 Å². The van der Waals surface area contributed by atoms with E-state index in [1.54, 1.807) is 0 Å². The largest absolute Gasteiger partial charge is 0.394 e. The number of halogens is 1. The topological polar surface area (TPSA) is 40.5 Å². The first-order valence-electron chi connectivity index (χ1n) is 2.18. The Hall–Kier alpha value is -0.0400. The van der Waals surface area contributed by atoms with E-state index in [2.05, 4.69) is 26.7 Å². The van der Waals surface area contributed by atoms with Gasteiger partial charge in [0.1, 0.15) is 0 Å². The predicted octanol–water partition coefficient (Wildman–Crippen LogP) is 0.0855. The fourth-order valence-corrected chi connectivity index (χ4v) is 0.383. The molecule has 0 saturated heterocycles. The summed E-state index contributed by atoms with van der Waals surface area (Å²) >= 11 is 2.85. The minimum Gasteiger partial charge on any atom is -0.394 e. The lowest BCUT2D eigenvalue weighted by atomic mass is 10.3. The molecule has 0 aliphatic carbocycles. The molecule has 0 aliphatic rings. The molecule has 0 amide bonds. The summed E-state index contributed by atoms with van der Waals surface area (Å²) in [5.41, 5.74) is 0. The van der Waals surface area contributed by atoms with Gasteiger partial charge in [0, 0.05) is 22.4 Å². The molecule has 2 N–H and O–H groups in total. The second-order valence-corrected chi connectivity index (χ2v) is 1.71. The average Bonchev–Trinajstić information content (AvgIpc) is 1.83. The maximum Gasteiger partial charge on any atom is 0.0880 e. The van der Waals surface area contributed by atoms with Crippen molar-refractivity contribution >= 4 is 15.9 Å². The molecule has 0 rings (SSSR count). The molecule has 0 aliphatic heterocycles. The van der Waals surface area contributed by atoms with Gasteiger partial charge in [-0.15, -0.1) is 0 Å². The summed E-state index contributed by atoms with van der Waals surface area (Å²) in [6.45, 7) is -0.221. The first-order chi connectivity index (χ1) is 3.81. The van der Waals surface area contributed by atoms with Gasteiger partial charge >= 0.3 is 0 Å². The van der Waals surface area contributed by atoms with Gasteiger partial charge < -0.3 is 10.2 Å². The second-order valence-electron chi connectivity index (χ2n) is 1.31. The van der Waals surface area contributed by atoms with E-state index in [0.29, 0.717) is 6.42 Å². The summed E-state index contributed by atoms with van der Waals surface area (Å²) in [6.07, 6.45) is -0.373. The lowest BCUT2D eigenvalue weighted by Crippen LogP contribution is -2.09. The van der Waals surface area contributed by atoms with E-state index in [-0.39, 0.29) is 6.61 Å². The van der Waals surface area contributed by atoms with Gasteiger partial charge in [0.25, 0.3) is 0 Å². The van der Waals surface area contributed by atoms with Gasteiger partial charge in [0.15, 0.2) is 0 Å². The number of hydrogen-bond donors (Lipinski definition) is 2. The quantitative estimate of drug-likeness (QED) is 0.589. The van der Waals surface area contributed by atoms with Gasteiger partial charge in [-0.05, 0) is 4.83 Å². The molecular formula is C5H7BrO2. The van der Waals surface area contributed by atoms with Crippen LogP contribution in [-0.4, -0.2) is 22.9 Å². The van der Waals surface area contributed by atoms with E-state index in [4.69, 9.17) is 10.2 Å². The highest BCUT2D eigenvalue weighted by molar-refractivity contribution is 9.12. The van der Waals surface area contributed by atoms with Crippen LogP contribution in [0.1, 0.15) is 6.42 Å². The lowest BCUT2D eigenvalue weighted by molar-refractivity contribution is 0.0993. The Bertz CT molecular complexity index is 103. The van der Waals surface area contributed by atoms with Crippen LogP contribution in [0.2, 0.25) is 0 Å². The molecule has 0 fully saturated rings. The van der Waals surface area contributed by atoms with Crippen LogP contribution < -0.4 is 0 Å². The normalized spacial score (nSPS) is 11.9. The van der Waals surface area contributed by atoms with Gasteiger partial charge in [-0.3, -0.25) is 0 Å².